The van der Waals surface area contributed by atoms with Crippen LogP contribution < -0.4 is 0 Å². The summed E-state index contributed by atoms with van der Waals surface area (Å²) in [5.41, 5.74) is 2.30. The molecule has 0 amide bonds. The van der Waals surface area contributed by atoms with Crippen molar-refractivity contribution in [1.29, 1.82) is 0 Å². The third kappa shape index (κ3) is 3.66. The lowest BCUT2D eigenvalue weighted by Crippen LogP contribution is -2.15. The maximum absolute atomic E-state index is 6.13. The van der Waals surface area contributed by atoms with E-state index in [-0.39, 0.29) is 0 Å². The van der Waals surface area contributed by atoms with Crippen LogP contribution in [0.2, 0.25) is 5.28 Å². The maximum Gasteiger partial charge on any atom is 0.226 e. The third-order valence-electron chi connectivity index (χ3n) is 4.27. The van der Waals surface area contributed by atoms with Crippen molar-refractivity contribution in [3.8, 4) is 11.4 Å². The highest BCUT2D eigenvalue weighted by Crippen LogP contribution is 2.34. The van der Waals surface area contributed by atoms with E-state index in [1.165, 1.54) is 5.56 Å². The van der Waals surface area contributed by atoms with Gasteiger partial charge >= 0.3 is 0 Å². The minimum absolute atomic E-state index is 0.292. The Balaban J connectivity index is 1.88. The second-order valence-corrected chi connectivity index (χ2v) is 7.42. The van der Waals surface area contributed by atoms with Crippen molar-refractivity contribution >= 4 is 27.5 Å². The number of nitrogens with zero attached hydrogens (tertiary/aromatic N) is 3. The molecule has 1 aromatic heterocycles. The Labute approximate surface area is 144 Å². The van der Waals surface area contributed by atoms with Crippen molar-refractivity contribution in [3.05, 3.63) is 40.9 Å². The summed E-state index contributed by atoms with van der Waals surface area (Å²) < 4.78 is 0. The molecule has 116 valence electrons. The first-order valence-corrected chi connectivity index (χ1v) is 9.10. The van der Waals surface area contributed by atoms with Crippen LogP contribution in [0.4, 0.5) is 0 Å². The molecule has 0 atom stereocenters. The van der Waals surface area contributed by atoms with Crippen molar-refractivity contribution in [2.45, 2.75) is 49.8 Å². The zero-order valence-corrected chi connectivity index (χ0v) is 14.9. The monoisotopic (exact) mass is 379 g/mol. The highest BCUT2D eigenvalue weighted by Gasteiger charge is 2.24. The molecule has 0 bridgehead atoms. The largest absolute Gasteiger partial charge is 0.226 e. The molecule has 5 heteroatoms. The first-order valence-electron chi connectivity index (χ1n) is 7.80. The van der Waals surface area contributed by atoms with Gasteiger partial charge < -0.3 is 0 Å². The quantitative estimate of drug-likeness (QED) is 0.689. The van der Waals surface area contributed by atoms with E-state index in [1.807, 2.05) is 0 Å². The van der Waals surface area contributed by atoms with Crippen molar-refractivity contribution in [3.63, 3.8) is 0 Å². The molecule has 0 spiro atoms. The van der Waals surface area contributed by atoms with Gasteiger partial charge in [-0.25, -0.2) is 9.97 Å². The molecule has 1 heterocycles. The summed E-state index contributed by atoms with van der Waals surface area (Å²) >= 11 is 9.82. The predicted molar refractivity (Wildman–Crippen MR) is 93.6 cm³/mol. The van der Waals surface area contributed by atoms with Gasteiger partial charge in [-0.15, -0.1) is 0 Å². The number of alkyl halides is 1. The molecule has 1 saturated carbocycles. The zero-order valence-electron chi connectivity index (χ0n) is 12.6. The fourth-order valence-electron chi connectivity index (χ4n) is 2.88. The number of aryl methyl sites for hydroxylation is 1. The van der Waals surface area contributed by atoms with Gasteiger partial charge in [0.2, 0.25) is 5.28 Å². The zero-order chi connectivity index (χ0) is 15.5. The van der Waals surface area contributed by atoms with Crippen LogP contribution in [0.3, 0.4) is 0 Å². The van der Waals surface area contributed by atoms with Gasteiger partial charge in [-0.2, -0.15) is 4.98 Å². The highest BCUT2D eigenvalue weighted by atomic mass is 79.9. The van der Waals surface area contributed by atoms with Gasteiger partial charge in [-0.05, 0) is 49.3 Å². The molecule has 1 aliphatic carbocycles. The van der Waals surface area contributed by atoms with E-state index in [2.05, 4.69) is 62.1 Å². The number of hydrogen-bond donors (Lipinski definition) is 0. The standard InChI is InChI=1S/C17H19BrClN3/c1-2-11-3-5-12(6-4-11)15-20-16(22-17(19)21-15)13-7-9-14(18)10-8-13/h3-6,13-14H,2,7-10H2,1H3. The topological polar surface area (TPSA) is 38.7 Å². The molecule has 0 unspecified atom stereocenters. The molecular weight excluding hydrogens is 362 g/mol. The Morgan fingerprint density at radius 1 is 1.05 bits per heavy atom. The fourth-order valence-corrected chi connectivity index (χ4v) is 3.57. The fraction of sp³-hybridized carbons (Fsp3) is 0.471. The Bertz CT molecular complexity index is 637. The Hall–Kier alpha value is -1.00. The van der Waals surface area contributed by atoms with Gasteiger partial charge in [0.1, 0.15) is 5.82 Å². The van der Waals surface area contributed by atoms with Gasteiger partial charge in [-0.3, -0.25) is 0 Å². The molecule has 1 fully saturated rings. The Kier molecular flexibility index (Phi) is 5.09. The van der Waals surface area contributed by atoms with Crippen LogP contribution in [-0.4, -0.2) is 19.8 Å². The molecular formula is C17H19BrClN3. The minimum Gasteiger partial charge on any atom is -0.213 e. The lowest BCUT2D eigenvalue weighted by molar-refractivity contribution is 0.440. The number of hydrogen-bond acceptors (Lipinski definition) is 3. The number of halogens is 2. The van der Waals surface area contributed by atoms with Crippen molar-refractivity contribution in [1.82, 2.24) is 15.0 Å². The van der Waals surface area contributed by atoms with Crippen LogP contribution in [0.25, 0.3) is 11.4 Å². The van der Waals surface area contributed by atoms with Gasteiger partial charge in [0.25, 0.3) is 0 Å². The summed E-state index contributed by atoms with van der Waals surface area (Å²) in [6, 6.07) is 8.35. The molecule has 1 aliphatic rings. The highest BCUT2D eigenvalue weighted by molar-refractivity contribution is 9.09. The van der Waals surface area contributed by atoms with Crippen molar-refractivity contribution in [2.24, 2.45) is 0 Å². The lowest BCUT2D eigenvalue weighted by Gasteiger charge is -2.24. The van der Waals surface area contributed by atoms with Gasteiger partial charge in [-0.1, -0.05) is 47.1 Å². The molecule has 0 N–H and O–H groups in total. The van der Waals surface area contributed by atoms with E-state index in [0.29, 0.717) is 21.9 Å². The average Bonchev–Trinajstić information content (AvgIpc) is 2.55. The van der Waals surface area contributed by atoms with Crippen LogP contribution in [0.1, 0.15) is 49.9 Å². The predicted octanol–water partition coefficient (Wildman–Crippen LogP) is 5.18. The second-order valence-electron chi connectivity index (χ2n) is 5.79. The summed E-state index contributed by atoms with van der Waals surface area (Å²) in [6.45, 7) is 2.15. The third-order valence-corrected chi connectivity index (χ3v) is 5.35. The van der Waals surface area contributed by atoms with E-state index in [4.69, 9.17) is 11.6 Å². The SMILES string of the molecule is CCc1ccc(-c2nc(Cl)nc(C3CCC(Br)CC3)n2)cc1. The maximum atomic E-state index is 6.13. The van der Waals surface area contributed by atoms with Crippen LogP contribution in [0.5, 0.6) is 0 Å². The first kappa shape index (κ1) is 15.9. The average molecular weight is 381 g/mol. The summed E-state index contributed by atoms with van der Waals surface area (Å²) in [7, 11) is 0. The molecule has 22 heavy (non-hydrogen) atoms. The Morgan fingerprint density at radius 3 is 2.36 bits per heavy atom. The second kappa shape index (κ2) is 7.05. The van der Waals surface area contributed by atoms with Gasteiger partial charge in [0.15, 0.2) is 5.82 Å². The summed E-state index contributed by atoms with van der Waals surface area (Å²) in [4.78, 5) is 14.0. The minimum atomic E-state index is 0.292. The lowest BCUT2D eigenvalue weighted by atomic mass is 9.88. The van der Waals surface area contributed by atoms with Crippen LogP contribution in [0, 0.1) is 0 Å². The van der Waals surface area contributed by atoms with E-state index >= 15 is 0 Å². The molecule has 0 radical (unpaired) electrons. The number of aromatic nitrogens is 3. The molecule has 0 aliphatic heterocycles. The number of rotatable bonds is 3. The van der Waals surface area contributed by atoms with Gasteiger partial charge in [0, 0.05) is 16.3 Å². The van der Waals surface area contributed by atoms with Crippen molar-refractivity contribution < 1.29 is 0 Å². The van der Waals surface area contributed by atoms with E-state index in [1.54, 1.807) is 0 Å². The van der Waals surface area contributed by atoms with Crippen molar-refractivity contribution in [2.75, 3.05) is 0 Å². The summed E-state index contributed by atoms with van der Waals surface area (Å²) in [5, 5.41) is 0.292. The molecule has 3 rings (SSSR count). The molecule has 1 aromatic carbocycles. The molecule has 2 aromatic rings. The van der Waals surface area contributed by atoms with E-state index in [0.717, 1.165) is 43.5 Å². The summed E-state index contributed by atoms with van der Waals surface area (Å²) in [6.07, 6.45) is 5.55. The summed E-state index contributed by atoms with van der Waals surface area (Å²) in [5.74, 6) is 1.91. The van der Waals surface area contributed by atoms with Crippen LogP contribution in [-0.2, 0) is 6.42 Å². The molecule has 0 saturated heterocycles. The first-order chi connectivity index (χ1) is 10.7. The number of benzene rings is 1. The van der Waals surface area contributed by atoms with E-state index in [9.17, 15) is 0 Å². The van der Waals surface area contributed by atoms with E-state index < -0.39 is 0 Å². The van der Waals surface area contributed by atoms with Crippen LogP contribution in [0.15, 0.2) is 24.3 Å². The van der Waals surface area contributed by atoms with Crippen LogP contribution >= 0.6 is 27.5 Å². The molecule has 3 nitrogen and oxygen atoms in total. The van der Waals surface area contributed by atoms with Gasteiger partial charge in [0.05, 0.1) is 0 Å². The smallest absolute Gasteiger partial charge is 0.213 e. The Morgan fingerprint density at radius 2 is 1.73 bits per heavy atom. The normalized spacial score (nSPS) is 21.8.